The molecule has 3 rings (SSSR count). The molecule has 0 radical (unpaired) electrons. The Labute approximate surface area is 132 Å². The summed E-state index contributed by atoms with van der Waals surface area (Å²) >= 11 is 0. The van der Waals surface area contributed by atoms with Gasteiger partial charge < -0.3 is 5.32 Å². The number of sulfone groups is 1. The fourth-order valence-electron chi connectivity index (χ4n) is 3.50. The Bertz CT molecular complexity index is 707. The van der Waals surface area contributed by atoms with E-state index in [2.05, 4.69) is 5.32 Å². The van der Waals surface area contributed by atoms with Gasteiger partial charge in [0.25, 0.3) is 5.91 Å². The van der Waals surface area contributed by atoms with E-state index < -0.39 is 14.6 Å². The first-order valence-electron chi connectivity index (χ1n) is 7.93. The van der Waals surface area contributed by atoms with Gasteiger partial charge in [0.15, 0.2) is 9.84 Å². The van der Waals surface area contributed by atoms with Crippen LogP contribution in [0.15, 0.2) is 18.2 Å². The number of rotatable bonds is 2. The van der Waals surface area contributed by atoms with Gasteiger partial charge in [0.05, 0.1) is 10.5 Å². The molecule has 1 aliphatic heterocycles. The molecule has 1 heterocycles. The Morgan fingerprint density at radius 3 is 2.68 bits per heavy atom. The molecule has 0 saturated carbocycles. The standard InChI is InChI=1S/C17H23NO3S/c1-17(2)11-15(8-9-22(17,20)21)18-16(19)14-7-6-12-4-3-5-13(12)10-14/h6-7,10,15H,3-5,8-9,11H2,1-2H3,(H,18,19). The molecule has 120 valence electrons. The van der Waals surface area contributed by atoms with Gasteiger partial charge in [-0.05, 0) is 69.2 Å². The molecule has 0 aromatic heterocycles. The molecule has 1 atom stereocenters. The van der Waals surface area contributed by atoms with Crippen LogP contribution in [0.25, 0.3) is 0 Å². The highest BCUT2D eigenvalue weighted by atomic mass is 32.2. The van der Waals surface area contributed by atoms with Crippen molar-refractivity contribution in [1.29, 1.82) is 0 Å². The maximum absolute atomic E-state index is 12.4. The van der Waals surface area contributed by atoms with Gasteiger partial charge in [-0.25, -0.2) is 8.42 Å². The van der Waals surface area contributed by atoms with E-state index in [1.54, 1.807) is 13.8 Å². The average Bonchev–Trinajstić information content (AvgIpc) is 2.90. The van der Waals surface area contributed by atoms with Crippen molar-refractivity contribution in [1.82, 2.24) is 5.32 Å². The van der Waals surface area contributed by atoms with Crippen LogP contribution in [0.3, 0.4) is 0 Å². The maximum Gasteiger partial charge on any atom is 0.251 e. The summed E-state index contributed by atoms with van der Waals surface area (Å²) < 4.78 is 23.3. The first-order chi connectivity index (χ1) is 10.3. The quantitative estimate of drug-likeness (QED) is 0.909. The molecule has 22 heavy (non-hydrogen) atoms. The summed E-state index contributed by atoms with van der Waals surface area (Å²) in [6, 6.07) is 5.85. The Hall–Kier alpha value is -1.36. The molecule has 1 amide bonds. The zero-order valence-electron chi connectivity index (χ0n) is 13.2. The molecular formula is C17H23NO3S. The second-order valence-electron chi connectivity index (χ2n) is 7.08. The SMILES string of the molecule is CC1(C)CC(NC(=O)c2ccc3c(c2)CCC3)CCS1(=O)=O. The van der Waals surface area contributed by atoms with Crippen molar-refractivity contribution in [3.8, 4) is 0 Å². The van der Waals surface area contributed by atoms with Crippen LogP contribution in [0, 0.1) is 0 Å². The van der Waals surface area contributed by atoms with Crippen LogP contribution < -0.4 is 5.32 Å². The molecular weight excluding hydrogens is 298 g/mol. The van der Waals surface area contributed by atoms with Crippen LogP contribution in [0.1, 0.15) is 54.6 Å². The van der Waals surface area contributed by atoms with Crippen LogP contribution in [-0.4, -0.2) is 30.9 Å². The predicted octanol–water partition coefficient (Wildman–Crippen LogP) is 2.26. The molecule has 1 aromatic carbocycles. The number of benzene rings is 1. The number of carbonyl (C=O) groups is 1. The topological polar surface area (TPSA) is 63.2 Å². The van der Waals surface area contributed by atoms with Crippen LogP contribution in [0.2, 0.25) is 0 Å². The average molecular weight is 321 g/mol. The number of hydrogen-bond donors (Lipinski definition) is 1. The van der Waals surface area contributed by atoms with Crippen molar-refractivity contribution in [2.75, 3.05) is 5.75 Å². The van der Waals surface area contributed by atoms with Crippen molar-refractivity contribution in [3.63, 3.8) is 0 Å². The zero-order valence-corrected chi connectivity index (χ0v) is 14.0. The molecule has 1 saturated heterocycles. The largest absolute Gasteiger partial charge is 0.349 e. The molecule has 2 aliphatic rings. The lowest BCUT2D eigenvalue weighted by molar-refractivity contribution is 0.0930. The van der Waals surface area contributed by atoms with Crippen LogP contribution >= 0.6 is 0 Å². The Morgan fingerprint density at radius 1 is 1.23 bits per heavy atom. The number of aryl methyl sites for hydroxylation is 2. The third-order valence-electron chi connectivity index (χ3n) is 5.01. The van der Waals surface area contributed by atoms with Crippen LogP contribution in [0.5, 0.6) is 0 Å². The lowest BCUT2D eigenvalue weighted by Crippen LogP contribution is -2.49. The van der Waals surface area contributed by atoms with Crippen molar-refractivity contribution >= 4 is 15.7 Å². The first-order valence-corrected chi connectivity index (χ1v) is 9.59. The Morgan fingerprint density at radius 2 is 1.95 bits per heavy atom. The van der Waals surface area contributed by atoms with E-state index in [1.165, 1.54) is 11.1 Å². The molecule has 1 aromatic rings. The van der Waals surface area contributed by atoms with E-state index in [0.717, 1.165) is 19.3 Å². The lowest BCUT2D eigenvalue weighted by Gasteiger charge is -2.35. The second kappa shape index (κ2) is 5.37. The highest BCUT2D eigenvalue weighted by Crippen LogP contribution is 2.30. The number of hydrogen-bond acceptors (Lipinski definition) is 3. The molecule has 1 N–H and O–H groups in total. The number of amides is 1. The summed E-state index contributed by atoms with van der Waals surface area (Å²) in [7, 11) is -3.05. The molecule has 0 spiro atoms. The van der Waals surface area contributed by atoms with Crippen LogP contribution in [-0.2, 0) is 22.7 Å². The summed E-state index contributed by atoms with van der Waals surface area (Å²) in [6.07, 6.45) is 4.29. The number of carbonyl (C=O) groups excluding carboxylic acids is 1. The summed E-state index contributed by atoms with van der Waals surface area (Å²) in [6.45, 7) is 3.49. The van der Waals surface area contributed by atoms with E-state index in [-0.39, 0.29) is 17.7 Å². The van der Waals surface area contributed by atoms with Crippen molar-refractivity contribution < 1.29 is 13.2 Å². The van der Waals surface area contributed by atoms with Gasteiger partial charge in [-0.3, -0.25) is 4.79 Å². The Kier molecular flexibility index (Phi) is 3.79. The molecule has 1 unspecified atom stereocenters. The zero-order chi connectivity index (χ0) is 16.0. The van der Waals surface area contributed by atoms with Crippen molar-refractivity contribution in [3.05, 3.63) is 34.9 Å². The number of fused-ring (bicyclic) bond motifs is 1. The van der Waals surface area contributed by atoms with E-state index in [0.29, 0.717) is 18.4 Å². The van der Waals surface area contributed by atoms with E-state index in [4.69, 9.17) is 0 Å². The molecule has 5 heteroatoms. The minimum Gasteiger partial charge on any atom is -0.349 e. The third-order valence-corrected chi connectivity index (χ3v) is 7.63. The number of nitrogens with one attached hydrogen (secondary N) is 1. The van der Waals surface area contributed by atoms with Crippen molar-refractivity contribution in [2.24, 2.45) is 0 Å². The highest BCUT2D eigenvalue weighted by Gasteiger charge is 2.41. The Balaban J connectivity index is 1.70. The lowest BCUT2D eigenvalue weighted by atomic mass is 9.99. The van der Waals surface area contributed by atoms with Gasteiger partial charge in [0.1, 0.15) is 0 Å². The van der Waals surface area contributed by atoms with E-state index in [9.17, 15) is 13.2 Å². The summed E-state index contributed by atoms with van der Waals surface area (Å²) in [5.41, 5.74) is 3.31. The summed E-state index contributed by atoms with van der Waals surface area (Å²) in [4.78, 5) is 12.4. The fraction of sp³-hybridized carbons (Fsp3) is 0.588. The molecule has 1 aliphatic carbocycles. The van der Waals surface area contributed by atoms with Gasteiger partial charge in [-0.2, -0.15) is 0 Å². The summed E-state index contributed by atoms with van der Waals surface area (Å²) in [5, 5.41) is 3.02. The highest BCUT2D eigenvalue weighted by molar-refractivity contribution is 7.92. The van der Waals surface area contributed by atoms with Gasteiger partial charge >= 0.3 is 0 Å². The fourth-order valence-corrected chi connectivity index (χ4v) is 5.10. The van der Waals surface area contributed by atoms with E-state index in [1.807, 2.05) is 18.2 Å². The van der Waals surface area contributed by atoms with Gasteiger partial charge in [0.2, 0.25) is 0 Å². The normalized spacial score (nSPS) is 25.5. The predicted molar refractivity (Wildman–Crippen MR) is 86.8 cm³/mol. The monoisotopic (exact) mass is 321 g/mol. The minimum absolute atomic E-state index is 0.0701. The molecule has 0 bridgehead atoms. The second-order valence-corrected chi connectivity index (χ2v) is 9.82. The summed E-state index contributed by atoms with van der Waals surface area (Å²) in [5.74, 6) is 0.0598. The first kappa shape index (κ1) is 15.5. The molecule has 1 fully saturated rings. The van der Waals surface area contributed by atoms with Gasteiger partial charge in [-0.15, -0.1) is 0 Å². The third kappa shape index (κ3) is 2.78. The van der Waals surface area contributed by atoms with Gasteiger partial charge in [0, 0.05) is 11.6 Å². The van der Waals surface area contributed by atoms with Crippen molar-refractivity contribution in [2.45, 2.75) is 56.7 Å². The maximum atomic E-state index is 12.4. The smallest absolute Gasteiger partial charge is 0.251 e. The van der Waals surface area contributed by atoms with Gasteiger partial charge in [-0.1, -0.05) is 6.07 Å². The van der Waals surface area contributed by atoms with Crippen LogP contribution in [0.4, 0.5) is 0 Å². The van der Waals surface area contributed by atoms with E-state index >= 15 is 0 Å². The minimum atomic E-state index is -3.05. The molecule has 4 nitrogen and oxygen atoms in total.